The van der Waals surface area contributed by atoms with Crippen LogP contribution < -0.4 is 0 Å². The summed E-state index contributed by atoms with van der Waals surface area (Å²) in [6.45, 7) is 15.9. The number of hydrogen-bond donors (Lipinski definition) is 3. The van der Waals surface area contributed by atoms with Gasteiger partial charge < -0.3 is 43.9 Å². The van der Waals surface area contributed by atoms with Crippen molar-refractivity contribution in [3.63, 3.8) is 0 Å². The first-order chi connectivity index (χ1) is 27.6. The Morgan fingerprint density at radius 3 is 2.31 bits per heavy atom. The van der Waals surface area contributed by atoms with Gasteiger partial charge in [-0.25, -0.2) is 0 Å². The lowest BCUT2D eigenvalue weighted by Gasteiger charge is -2.48. The van der Waals surface area contributed by atoms with Crippen LogP contribution in [0.1, 0.15) is 92.0 Å². The highest BCUT2D eigenvalue weighted by Crippen LogP contribution is 2.40. The molecule has 1 aromatic carbocycles. The molecule has 4 unspecified atom stereocenters. The van der Waals surface area contributed by atoms with E-state index in [2.05, 4.69) is 5.10 Å². The van der Waals surface area contributed by atoms with Crippen molar-refractivity contribution in [1.29, 1.82) is 0 Å². The summed E-state index contributed by atoms with van der Waals surface area (Å²) in [6, 6.07) is 10.4. The van der Waals surface area contributed by atoms with Crippen molar-refractivity contribution < 1.29 is 48.6 Å². The van der Waals surface area contributed by atoms with E-state index in [1.807, 2.05) is 71.1 Å². The van der Waals surface area contributed by atoms with Gasteiger partial charge in [0.2, 0.25) is 0 Å². The zero-order valence-corrected chi connectivity index (χ0v) is 38.2. The van der Waals surface area contributed by atoms with Crippen molar-refractivity contribution in [3.8, 4) is 0 Å². The van der Waals surface area contributed by atoms with E-state index in [0.717, 1.165) is 4.88 Å². The second-order valence-electron chi connectivity index (χ2n) is 17.1. The first-order valence-electron chi connectivity index (χ1n) is 20.6. The number of likely N-dealkylation sites (N-methyl/N-ethyl adjacent to an activating group) is 1. The van der Waals surface area contributed by atoms with Crippen LogP contribution in [0.3, 0.4) is 0 Å². The highest BCUT2D eigenvalue weighted by Gasteiger charge is 2.52. The monoisotopic (exact) mass is 863 g/mol. The summed E-state index contributed by atoms with van der Waals surface area (Å²) < 4.78 is 32.0. The fourth-order valence-electron chi connectivity index (χ4n) is 8.61. The van der Waals surface area contributed by atoms with Crippen LogP contribution in [0.25, 0.3) is 0 Å². The van der Waals surface area contributed by atoms with Crippen molar-refractivity contribution in [2.75, 3.05) is 21.2 Å². The number of nitrogens with zero attached hydrogens (tertiary/aromatic N) is 3. The Bertz CT molecular complexity index is 1740. The standard InChI is InChI=1S/C44H66ClN3O10S/c1-13-34-44(9,53)39(51)26(4)36(47-46-29(7)33-15-14-20-59-33)24(2)23-43(8,54-12)40(58-42-37(50)32(48(10)11)21-25(3)55-42)27(5)38(28(6)41(52)56-34)57-35(49)22-30-16-18-31(45)19-17-30/h14-20,24-28,32,34,37-40,42,50-51,53H,13,21-23H2,1-12H3/b46-29+,47-36+/t24-,25?,26+,27+,28-,32?,34-,37?,38+,39-,40-,42?,43-,44-/m1/s1. The summed E-state index contributed by atoms with van der Waals surface area (Å²) in [6.07, 6.45) is -6.39. The third-order valence-corrected chi connectivity index (χ3v) is 13.5. The number of aliphatic hydroxyl groups excluding tert-OH is 2. The molecule has 3 heterocycles. The third-order valence-electron chi connectivity index (χ3n) is 12.2. The number of carbonyl (C=O) groups excluding carboxylic acids is 2. The minimum Gasteiger partial charge on any atom is -0.461 e. The Labute approximate surface area is 359 Å². The molecule has 0 spiro atoms. The van der Waals surface area contributed by atoms with Crippen LogP contribution >= 0.6 is 22.9 Å². The van der Waals surface area contributed by atoms with Gasteiger partial charge in [-0.3, -0.25) is 9.59 Å². The Balaban J connectivity index is 1.91. The number of carbonyl (C=O) groups is 2. The maximum atomic E-state index is 14.3. The van der Waals surface area contributed by atoms with Gasteiger partial charge in [0.05, 0.1) is 46.8 Å². The predicted octanol–water partition coefficient (Wildman–Crippen LogP) is 6.32. The smallest absolute Gasteiger partial charge is 0.312 e. The molecule has 2 aliphatic rings. The molecule has 59 heavy (non-hydrogen) atoms. The summed E-state index contributed by atoms with van der Waals surface area (Å²) in [5, 5.41) is 47.6. The number of methoxy groups -OCH3 is 1. The van der Waals surface area contributed by atoms with Crippen LogP contribution in [-0.4, -0.2) is 125 Å². The first-order valence-corrected chi connectivity index (χ1v) is 21.8. The van der Waals surface area contributed by atoms with Gasteiger partial charge in [0.25, 0.3) is 0 Å². The average Bonchev–Trinajstić information content (AvgIpc) is 3.74. The highest BCUT2D eigenvalue weighted by molar-refractivity contribution is 7.12. The normalized spacial score (nSPS) is 37.5. The van der Waals surface area contributed by atoms with Gasteiger partial charge in [-0.05, 0) is 103 Å². The molecule has 0 aliphatic carbocycles. The number of aliphatic hydroxyl groups is 3. The van der Waals surface area contributed by atoms with Crippen molar-refractivity contribution >= 4 is 46.3 Å². The molecule has 0 saturated carbocycles. The lowest BCUT2D eigenvalue weighted by Crippen LogP contribution is -2.60. The largest absolute Gasteiger partial charge is 0.461 e. The fourth-order valence-corrected chi connectivity index (χ4v) is 9.41. The number of halogens is 1. The molecule has 0 bridgehead atoms. The van der Waals surface area contributed by atoms with E-state index in [1.54, 1.807) is 52.1 Å². The number of cyclic esters (lactones) is 1. The van der Waals surface area contributed by atoms with Crippen LogP contribution in [0.2, 0.25) is 5.02 Å². The van der Waals surface area contributed by atoms with Gasteiger partial charge in [-0.1, -0.05) is 57.5 Å². The lowest BCUT2D eigenvalue weighted by atomic mass is 9.73. The number of benzene rings is 1. The molecular formula is C44H66ClN3O10S. The molecule has 14 atom stereocenters. The third kappa shape index (κ3) is 11.8. The number of rotatable bonds is 10. The summed E-state index contributed by atoms with van der Waals surface area (Å²) in [7, 11) is 5.32. The Hall–Kier alpha value is -2.79. The van der Waals surface area contributed by atoms with Crippen molar-refractivity contribution in [2.24, 2.45) is 33.9 Å². The first kappa shape index (κ1) is 48.9. The SMILES string of the molecule is CC[C@H]1OC(=O)[C@H](C)[C@@H](OC(=O)Cc2ccc(Cl)cc2)[C@H](C)[C@@H](OC2OC(C)CC(N(C)C)C2O)[C@](C)(OC)C[C@@H](C)/C(=N\N=C(/C)c2cccs2)[C@H](C)[C@@H](O)[C@]1(C)O. The lowest BCUT2D eigenvalue weighted by molar-refractivity contribution is -0.301. The second kappa shape index (κ2) is 20.9. The van der Waals surface area contributed by atoms with E-state index in [0.29, 0.717) is 28.4 Å². The minimum atomic E-state index is -1.93. The Morgan fingerprint density at radius 1 is 1.07 bits per heavy atom. The quantitative estimate of drug-likeness (QED) is 0.139. The number of thiophene rings is 1. The van der Waals surface area contributed by atoms with E-state index in [9.17, 15) is 24.9 Å². The molecule has 0 amide bonds. The molecule has 330 valence electrons. The molecule has 4 rings (SSSR count). The van der Waals surface area contributed by atoms with Gasteiger partial charge in [0.1, 0.15) is 23.9 Å². The van der Waals surface area contributed by atoms with Crippen molar-refractivity contribution in [3.05, 3.63) is 57.2 Å². The number of hydrogen-bond acceptors (Lipinski definition) is 14. The molecule has 2 fully saturated rings. The van der Waals surface area contributed by atoms with Crippen LogP contribution in [-0.2, 0) is 39.7 Å². The molecule has 0 radical (unpaired) electrons. The summed E-state index contributed by atoms with van der Waals surface area (Å²) in [5.74, 6) is -4.49. The maximum absolute atomic E-state index is 14.3. The molecule has 15 heteroatoms. The summed E-state index contributed by atoms with van der Waals surface area (Å²) >= 11 is 7.63. The van der Waals surface area contributed by atoms with Gasteiger partial charge >= 0.3 is 11.9 Å². The average molecular weight is 865 g/mol. The Morgan fingerprint density at radius 2 is 1.73 bits per heavy atom. The van der Waals surface area contributed by atoms with Gasteiger partial charge in [0.15, 0.2) is 6.29 Å². The van der Waals surface area contributed by atoms with Gasteiger partial charge in [0, 0.05) is 35.7 Å². The molecule has 2 aliphatic heterocycles. The van der Waals surface area contributed by atoms with Crippen LogP contribution in [0, 0.1) is 23.7 Å². The van der Waals surface area contributed by atoms with E-state index in [4.69, 9.17) is 40.4 Å². The minimum absolute atomic E-state index is 0.111. The van der Waals surface area contributed by atoms with Crippen LogP contribution in [0.15, 0.2) is 52.0 Å². The number of esters is 2. The van der Waals surface area contributed by atoms with Gasteiger partial charge in [-0.2, -0.15) is 10.2 Å². The zero-order chi connectivity index (χ0) is 44.0. The van der Waals surface area contributed by atoms with E-state index >= 15 is 0 Å². The molecule has 2 saturated heterocycles. The molecular weight excluding hydrogens is 798 g/mol. The Kier molecular flexibility index (Phi) is 17.3. The molecule has 1 aromatic heterocycles. The van der Waals surface area contributed by atoms with E-state index < -0.39 is 83.6 Å². The van der Waals surface area contributed by atoms with Crippen LogP contribution in [0.5, 0.6) is 0 Å². The molecule has 13 nitrogen and oxygen atoms in total. The maximum Gasteiger partial charge on any atom is 0.312 e. The van der Waals surface area contributed by atoms with Crippen molar-refractivity contribution in [2.45, 2.75) is 148 Å². The predicted molar refractivity (Wildman–Crippen MR) is 230 cm³/mol. The highest BCUT2D eigenvalue weighted by atomic mass is 35.5. The van der Waals surface area contributed by atoms with Crippen LogP contribution in [0.4, 0.5) is 0 Å². The molecule has 3 N–H and O–H groups in total. The van der Waals surface area contributed by atoms with E-state index in [-0.39, 0.29) is 31.4 Å². The zero-order valence-electron chi connectivity index (χ0n) is 36.6. The topological polar surface area (TPSA) is 169 Å². The second-order valence-corrected chi connectivity index (χ2v) is 18.5. The van der Waals surface area contributed by atoms with E-state index in [1.165, 1.54) is 18.3 Å². The fraction of sp³-hybridized carbons (Fsp3) is 0.682. The van der Waals surface area contributed by atoms with Gasteiger partial charge in [-0.15, -0.1) is 11.3 Å². The molecule has 2 aromatic rings. The van der Waals surface area contributed by atoms with Crippen molar-refractivity contribution in [1.82, 2.24) is 4.90 Å². The summed E-state index contributed by atoms with van der Waals surface area (Å²) in [5.41, 5.74) is -1.38. The number of ether oxygens (including phenoxy) is 5. The summed E-state index contributed by atoms with van der Waals surface area (Å²) in [4.78, 5) is 31.0.